The molecule has 1 N–H and O–H groups in total. The lowest BCUT2D eigenvalue weighted by molar-refractivity contribution is 0.586. The number of hydrogen-bond donors (Lipinski definition) is 1. The van der Waals surface area contributed by atoms with Crippen LogP contribution in [0.2, 0.25) is 0 Å². The molecule has 0 saturated carbocycles. The monoisotopic (exact) mass is 344 g/mol. The van der Waals surface area contributed by atoms with Crippen molar-refractivity contribution in [2.45, 2.75) is 6.92 Å². The highest BCUT2D eigenvalue weighted by atomic mass is 32.1. The Labute approximate surface area is 138 Å². The van der Waals surface area contributed by atoms with E-state index in [0.29, 0.717) is 15.9 Å². The molecule has 8 heteroatoms. The van der Waals surface area contributed by atoms with Gasteiger partial charge in [0.25, 0.3) is 5.56 Å². The zero-order valence-corrected chi connectivity index (χ0v) is 13.2. The van der Waals surface area contributed by atoms with Gasteiger partial charge in [0.2, 0.25) is 10.1 Å². The van der Waals surface area contributed by atoms with Gasteiger partial charge in [-0.05, 0) is 31.2 Å². The second-order valence-corrected chi connectivity index (χ2v) is 6.24. The summed E-state index contributed by atoms with van der Waals surface area (Å²) in [6.07, 6.45) is 0. The van der Waals surface area contributed by atoms with Crippen molar-refractivity contribution >= 4 is 38.0 Å². The van der Waals surface area contributed by atoms with Crippen LogP contribution in [-0.4, -0.2) is 14.6 Å². The molecule has 0 atom stereocenters. The maximum absolute atomic E-state index is 13.7. The van der Waals surface area contributed by atoms with Gasteiger partial charge in [-0.25, -0.2) is 13.8 Å². The fourth-order valence-electron chi connectivity index (χ4n) is 2.38. The fraction of sp³-hybridized carbons (Fsp3) is 0.0625. The molecule has 4 aromatic rings. The van der Waals surface area contributed by atoms with E-state index in [1.54, 1.807) is 12.1 Å². The largest absolute Gasteiger partial charge is 0.328 e. The molecule has 0 aliphatic heterocycles. The molecule has 0 unspecified atom stereocenters. The lowest BCUT2D eigenvalue weighted by atomic mass is 10.2. The SMILES string of the molecule is Cc1ccc2nc3sc(Nc4ccc(F)cc4F)nn3c(=O)c2c1. The molecule has 120 valence electrons. The van der Waals surface area contributed by atoms with Crippen LogP contribution >= 0.6 is 11.3 Å². The lowest BCUT2D eigenvalue weighted by Gasteiger charge is -2.02. The highest BCUT2D eigenvalue weighted by Gasteiger charge is 2.12. The Hall–Kier alpha value is -2.87. The molecule has 0 fully saturated rings. The minimum absolute atomic E-state index is 0.0731. The van der Waals surface area contributed by atoms with Gasteiger partial charge in [0, 0.05) is 6.07 Å². The van der Waals surface area contributed by atoms with Crippen LogP contribution < -0.4 is 10.9 Å². The Bertz CT molecular complexity index is 1150. The fourth-order valence-corrected chi connectivity index (χ4v) is 3.19. The van der Waals surface area contributed by atoms with Gasteiger partial charge < -0.3 is 5.32 Å². The first-order chi connectivity index (χ1) is 11.5. The van der Waals surface area contributed by atoms with Crippen molar-refractivity contribution in [3.8, 4) is 0 Å². The number of halogens is 2. The van der Waals surface area contributed by atoms with Gasteiger partial charge >= 0.3 is 0 Å². The number of rotatable bonds is 2. The molecule has 24 heavy (non-hydrogen) atoms. The van der Waals surface area contributed by atoms with Crippen LogP contribution in [0.1, 0.15) is 5.56 Å². The van der Waals surface area contributed by atoms with E-state index in [9.17, 15) is 13.6 Å². The molecular weight excluding hydrogens is 334 g/mol. The summed E-state index contributed by atoms with van der Waals surface area (Å²) < 4.78 is 27.9. The summed E-state index contributed by atoms with van der Waals surface area (Å²) in [5.74, 6) is -1.41. The lowest BCUT2D eigenvalue weighted by Crippen LogP contribution is -2.15. The van der Waals surface area contributed by atoms with E-state index in [-0.39, 0.29) is 16.4 Å². The van der Waals surface area contributed by atoms with Crippen molar-refractivity contribution in [3.63, 3.8) is 0 Å². The average Bonchev–Trinajstić information content (AvgIpc) is 2.94. The molecule has 0 bridgehead atoms. The molecule has 0 amide bonds. The molecular formula is C16H10F2N4OS. The molecule has 0 radical (unpaired) electrons. The number of nitrogens with zero attached hydrogens (tertiary/aromatic N) is 3. The van der Waals surface area contributed by atoms with E-state index >= 15 is 0 Å². The van der Waals surface area contributed by atoms with Gasteiger partial charge in [0.15, 0.2) is 0 Å². The van der Waals surface area contributed by atoms with Crippen LogP contribution in [0.15, 0.2) is 41.2 Å². The van der Waals surface area contributed by atoms with Gasteiger partial charge in [-0.1, -0.05) is 23.0 Å². The van der Waals surface area contributed by atoms with Gasteiger partial charge in [0.05, 0.1) is 16.6 Å². The molecule has 4 rings (SSSR count). The zero-order chi connectivity index (χ0) is 16.8. The summed E-state index contributed by atoms with van der Waals surface area (Å²) >= 11 is 1.11. The van der Waals surface area contributed by atoms with Crippen LogP contribution in [0.25, 0.3) is 15.9 Å². The molecule has 5 nitrogen and oxygen atoms in total. The highest BCUT2D eigenvalue weighted by molar-refractivity contribution is 7.20. The highest BCUT2D eigenvalue weighted by Crippen LogP contribution is 2.25. The number of hydrogen-bond acceptors (Lipinski definition) is 5. The van der Waals surface area contributed by atoms with Crippen LogP contribution in [0.5, 0.6) is 0 Å². The molecule has 2 aromatic heterocycles. The number of nitrogens with one attached hydrogen (secondary N) is 1. The summed E-state index contributed by atoms with van der Waals surface area (Å²) in [7, 11) is 0. The van der Waals surface area contributed by atoms with Crippen molar-refractivity contribution in [1.29, 1.82) is 0 Å². The molecule has 0 aliphatic rings. The minimum Gasteiger partial charge on any atom is -0.328 e. The van der Waals surface area contributed by atoms with E-state index in [4.69, 9.17) is 0 Å². The standard InChI is InChI=1S/C16H10F2N4OS/c1-8-2-4-12-10(6-8)14(23)22-16(20-12)24-15(21-22)19-13-5-3-9(17)7-11(13)18/h2-7H,1H3,(H,19,21). The van der Waals surface area contributed by atoms with Crippen molar-refractivity contribution in [2.75, 3.05) is 5.32 Å². The van der Waals surface area contributed by atoms with Crippen molar-refractivity contribution in [3.05, 3.63) is 63.9 Å². The first kappa shape index (κ1) is 14.7. The van der Waals surface area contributed by atoms with E-state index in [1.165, 1.54) is 10.6 Å². The van der Waals surface area contributed by atoms with Crippen LogP contribution in [0, 0.1) is 18.6 Å². The van der Waals surface area contributed by atoms with Crippen molar-refractivity contribution < 1.29 is 8.78 Å². The quantitative estimate of drug-likeness (QED) is 0.603. The number of fused-ring (bicyclic) bond motifs is 2. The summed E-state index contributed by atoms with van der Waals surface area (Å²) in [5.41, 5.74) is 1.31. The summed E-state index contributed by atoms with van der Waals surface area (Å²) in [5, 5.41) is 7.65. The predicted octanol–water partition coefficient (Wildman–Crippen LogP) is 3.63. The maximum atomic E-state index is 13.7. The Kier molecular flexibility index (Phi) is 3.27. The molecule has 0 spiro atoms. The van der Waals surface area contributed by atoms with Crippen molar-refractivity contribution in [1.82, 2.24) is 14.6 Å². The number of aromatic nitrogens is 3. The average molecular weight is 344 g/mol. The minimum atomic E-state index is -0.740. The second-order valence-electron chi connectivity index (χ2n) is 5.29. The van der Waals surface area contributed by atoms with Gasteiger partial charge in [-0.3, -0.25) is 4.79 Å². The zero-order valence-electron chi connectivity index (χ0n) is 12.4. The van der Waals surface area contributed by atoms with Crippen LogP contribution in [-0.2, 0) is 0 Å². The Morgan fingerprint density at radius 2 is 2.00 bits per heavy atom. The van der Waals surface area contributed by atoms with Crippen LogP contribution in [0.4, 0.5) is 19.6 Å². The maximum Gasteiger partial charge on any atom is 0.283 e. The number of anilines is 2. The summed E-state index contributed by atoms with van der Waals surface area (Å²) in [6, 6.07) is 8.59. The second kappa shape index (κ2) is 5.34. The third kappa shape index (κ3) is 2.41. The Morgan fingerprint density at radius 1 is 1.17 bits per heavy atom. The summed E-state index contributed by atoms with van der Waals surface area (Å²) in [6.45, 7) is 1.89. The van der Waals surface area contributed by atoms with Crippen LogP contribution in [0.3, 0.4) is 0 Å². The molecule has 0 saturated heterocycles. The number of aryl methyl sites for hydroxylation is 1. The first-order valence-corrected chi connectivity index (χ1v) is 7.85. The van der Waals surface area contributed by atoms with Crippen molar-refractivity contribution in [2.24, 2.45) is 0 Å². The normalized spacial score (nSPS) is 11.3. The smallest absolute Gasteiger partial charge is 0.283 e. The van der Waals surface area contributed by atoms with Gasteiger partial charge in [0.1, 0.15) is 11.6 Å². The Morgan fingerprint density at radius 3 is 2.79 bits per heavy atom. The Balaban J connectivity index is 1.84. The first-order valence-electron chi connectivity index (χ1n) is 7.03. The van der Waals surface area contributed by atoms with E-state index in [2.05, 4.69) is 15.4 Å². The molecule has 2 aromatic carbocycles. The topological polar surface area (TPSA) is 59.3 Å². The molecule has 0 aliphatic carbocycles. The number of benzene rings is 2. The van der Waals surface area contributed by atoms with E-state index < -0.39 is 11.6 Å². The predicted molar refractivity (Wildman–Crippen MR) is 89.0 cm³/mol. The van der Waals surface area contributed by atoms with Gasteiger partial charge in [-0.2, -0.15) is 4.52 Å². The molecule has 2 heterocycles. The summed E-state index contributed by atoms with van der Waals surface area (Å²) in [4.78, 5) is 17.3. The third-order valence-electron chi connectivity index (χ3n) is 3.52. The third-order valence-corrected chi connectivity index (χ3v) is 4.35. The van der Waals surface area contributed by atoms with Gasteiger partial charge in [-0.15, -0.1) is 5.10 Å². The van der Waals surface area contributed by atoms with E-state index in [1.807, 2.05) is 13.0 Å². The van der Waals surface area contributed by atoms with E-state index in [0.717, 1.165) is 29.0 Å².